The third kappa shape index (κ3) is 3.52. The Morgan fingerprint density at radius 1 is 1.47 bits per heavy atom. The van der Waals surface area contributed by atoms with Crippen LogP contribution in [0.3, 0.4) is 0 Å². The molecule has 1 fully saturated rings. The van der Waals surface area contributed by atoms with E-state index in [1.807, 2.05) is 0 Å². The SMILES string of the molecule is CCCC1CCCN(C(=O)c2ccncc2F)CC1. The van der Waals surface area contributed by atoms with Crippen LogP contribution in [0.25, 0.3) is 0 Å². The van der Waals surface area contributed by atoms with Gasteiger partial charge in [-0.3, -0.25) is 9.78 Å². The first-order valence-corrected chi connectivity index (χ1v) is 7.11. The van der Waals surface area contributed by atoms with Crippen molar-refractivity contribution in [2.24, 2.45) is 5.92 Å². The van der Waals surface area contributed by atoms with E-state index >= 15 is 0 Å². The van der Waals surface area contributed by atoms with Gasteiger partial charge in [-0.05, 0) is 31.2 Å². The Labute approximate surface area is 113 Å². The fourth-order valence-corrected chi connectivity index (χ4v) is 2.78. The standard InChI is InChI=1S/C15H21FN2O/c1-2-4-12-5-3-9-18(10-7-12)15(19)13-6-8-17-11-14(13)16/h6,8,11-12H,2-5,7,9-10H2,1H3. The lowest BCUT2D eigenvalue weighted by Gasteiger charge is -2.20. The van der Waals surface area contributed by atoms with E-state index in [0.717, 1.165) is 32.1 Å². The van der Waals surface area contributed by atoms with Crippen molar-refractivity contribution in [1.82, 2.24) is 9.88 Å². The molecule has 4 heteroatoms. The maximum Gasteiger partial charge on any atom is 0.256 e. The van der Waals surface area contributed by atoms with Crippen LogP contribution in [0.15, 0.2) is 18.5 Å². The third-order valence-electron chi connectivity index (χ3n) is 3.83. The normalized spacial score (nSPS) is 20.1. The molecule has 0 spiro atoms. The topological polar surface area (TPSA) is 33.2 Å². The number of aromatic nitrogens is 1. The summed E-state index contributed by atoms with van der Waals surface area (Å²) in [6.45, 7) is 3.67. The molecule has 19 heavy (non-hydrogen) atoms. The molecule has 0 bridgehead atoms. The van der Waals surface area contributed by atoms with Crippen LogP contribution in [0.5, 0.6) is 0 Å². The Bertz CT molecular complexity index is 436. The molecule has 2 rings (SSSR count). The zero-order valence-corrected chi connectivity index (χ0v) is 11.4. The summed E-state index contributed by atoms with van der Waals surface area (Å²) in [5.41, 5.74) is 0.143. The van der Waals surface area contributed by atoms with Crippen LogP contribution in [0.2, 0.25) is 0 Å². The van der Waals surface area contributed by atoms with Crippen molar-refractivity contribution in [3.8, 4) is 0 Å². The molecule has 1 unspecified atom stereocenters. The molecule has 1 amide bonds. The number of amides is 1. The second-order valence-electron chi connectivity index (χ2n) is 5.23. The zero-order valence-electron chi connectivity index (χ0n) is 11.4. The van der Waals surface area contributed by atoms with Crippen LogP contribution >= 0.6 is 0 Å². The minimum atomic E-state index is -0.526. The summed E-state index contributed by atoms with van der Waals surface area (Å²) in [6, 6.07) is 1.46. The van der Waals surface area contributed by atoms with Crippen LogP contribution in [0, 0.1) is 11.7 Å². The highest BCUT2D eigenvalue weighted by atomic mass is 19.1. The first-order chi connectivity index (χ1) is 9.22. The molecule has 0 saturated carbocycles. The van der Waals surface area contributed by atoms with Gasteiger partial charge in [0, 0.05) is 19.3 Å². The number of likely N-dealkylation sites (tertiary alicyclic amines) is 1. The summed E-state index contributed by atoms with van der Waals surface area (Å²) in [6.07, 6.45) is 8.22. The van der Waals surface area contributed by atoms with Crippen molar-refractivity contribution in [3.05, 3.63) is 29.8 Å². The van der Waals surface area contributed by atoms with Crippen LogP contribution in [0.1, 0.15) is 49.4 Å². The fraction of sp³-hybridized carbons (Fsp3) is 0.600. The van der Waals surface area contributed by atoms with E-state index in [2.05, 4.69) is 11.9 Å². The number of nitrogens with zero attached hydrogens (tertiary/aromatic N) is 2. The van der Waals surface area contributed by atoms with Gasteiger partial charge in [0.05, 0.1) is 11.8 Å². The zero-order chi connectivity index (χ0) is 13.7. The maximum absolute atomic E-state index is 13.6. The molecule has 1 atom stereocenters. The van der Waals surface area contributed by atoms with Gasteiger partial charge in [0.25, 0.3) is 5.91 Å². The van der Waals surface area contributed by atoms with Crippen molar-refractivity contribution in [3.63, 3.8) is 0 Å². The van der Waals surface area contributed by atoms with Crippen LogP contribution < -0.4 is 0 Å². The fourth-order valence-electron chi connectivity index (χ4n) is 2.78. The molecule has 1 aromatic heterocycles. The Morgan fingerprint density at radius 2 is 2.32 bits per heavy atom. The second kappa shape index (κ2) is 6.64. The van der Waals surface area contributed by atoms with Crippen molar-refractivity contribution in [1.29, 1.82) is 0 Å². The number of pyridine rings is 1. The molecular weight excluding hydrogens is 243 g/mol. The molecule has 2 heterocycles. The first-order valence-electron chi connectivity index (χ1n) is 7.11. The molecule has 0 aromatic carbocycles. The van der Waals surface area contributed by atoms with Crippen molar-refractivity contribution in [2.45, 2.75) is 39.0 Å². The number of hydrogen-bond acceptors (Lipinski definition) is 2. The average molecular weight is 264 g/mol. The monoisotopic (exact) mass is 264 g/mol. The molecule has 0 aliphatic carbocycles. The van der Waals surface area contributed by atoms with Gasteiger partial charge in [-0.1, -0.05) is 19.8 Å². The molecule has 1 aromatic rings. The summed E-state index contributed by atoms with van der Waals surface area (Å²) in [4.78, 5) is 17.8. The van der Waals surface area contributed by atoms with Crippen LogP contribution in [-0.4, -0.2) is 28.9 Å². The third-order valence-corrected chi connectivity index (χ3v) is 3.83. The van der Waals surface area contributed by atoms with Gasteiger partial charge in [0.1, 0.15) is 0 Å². The van der Waals surface area contributed by atoms with Crippen molar-refractivity contribution >= 4 is 5.91 Å². The maximum atomic E-state index is 13.6. The van der Waals surface area contributed by atoms with Crippen molar-refractivity contribution in [2.75, 3.05) is 13.1 Å². The number of carbonyl (C=O) groups is 1. The lowest BCUT2D eigenvalue weighted by Crippen LogP contribution is -2.32. The molecule has 3 nitrogen and oxygen atoms in total. The van der Waals surface area contributed by atoms with E-state index in [0.29, 0.717) is 5.92 Å². The molecule has 1 saturated heterocycles. The lowest BCUT2D eigenvalue weighted by atomic mass is 9.96. The van der Waals surface area contributed by atoms with Gasteiger partial charge in [0.15, 0.2) is 5.82 Å². The minimum Gasteiger partial charge on any atom is -0.339 e. The molecular formula is C15H21FN2O. The van der Waals surface area contributed by atoms with Gasteiger partial charge >= 0.3 is 0 Å². The van der Waals surface area contributed by atoms with Gasteiger partial charge in [-0.15, -0.1) is 0 Å². The Hall–Kier alpha value is -1.45. The largest absolute Gasteiger partial charge is 0.339 e. The van der Waals surface area contributed by atoms with Gasteiger partial charge in [-0.25, -0.2) is 4.39 Å². The predicted octanol–water partition coefficient (Wildman–Crippen LogP) is 3.26. The lowest BCUT2D eigenvalue weighted by molar-refractivity contribution is 0.0755. The van der Waals surface area contributed by atoms with Gasteiger partial charge in [-0.2, -0.15) is 0 Å². The second-order valence-corrected chi connectivity index (χ2v) is 5.23. The quantitative estimate of drug-likeness (QED) is 0.839. The molecule has 1 aliphatic rings. The highest BCUT2D eigenvalue weighted by Crippen LogP contribution is 2.23. The smallest absolute Gasteiger partial charge is 0.256 e. The molecule has 0 N–H and O–H groups in total. The van der Waals surface area contributed by atoms with E-state index in [-0.39, 0.29) is 11.5 Å². The number of carbonyl (C=O) groups excluding carboxylic acids is 1. The van der Waals surface area contributed by atoms with Crippen LogP contribution in [0.4, 0.5) is 4.39 Å². The number of halogens is 1. The van der Waals surface area contributed by atoms with Crippen molar-refractivity contribution < 1.29 is 9.18 Å². The van der Waals surface area contributed by atoms with Gasteiger partial charge < -0.3 is 4.90 Å². The highest BCUT2D eigenvalue weighted by molar-refractivity contribution is 5.94. The van der Waals surface area contributed by atoms with Gasteiger partial charge in [0.2, 0.25) is 0 Å². The van der Waals surface area contributed by atoms with Crippen LogP contribution in [-0.2, 0) is 0 Å². The van der Waals surface area contributed by atoms with E-state index in [9.17, 15) is 9.18 Å². The molecule has 1 aliphatic heterocycles. The van der Waals surface area contributed by atoms with E-state index in [4.69, 9.17) is 0 Å². The molecule has 0 radical (unpaired) electrons. The summed E-state index contributed by atoms with van der Waals surface area (Å²) >= 11 is 0. The summed E-state index contributed by atoms with van der Waals surface area (Å²) < 4.78 is 13.6. The highest BCUT2D eigenvalue weighted by Gasteiger charge is 2.22. The number of rotatable bonds is 3. The Kier molecular flexibility index (Phi) is 4.88. The minimum absolute atomic E-state index is 0.143. The summed E-state index contributed by atoms with van der Waals surface area (Å²) in [7, 11) is 0. The van der Waals surface area contributed by atoms with E-state index < -0.39 is 5.82 Å². The van der Waals surface area contributed by atoms with E-state index in [1.54, 1.807) is 4.90 Å². The predicted molar refractivity (Wildman–Crippen MR) is 72.3 cm³/mol. The average Bonchev–Trinajstić information content (AvgIpc) is 2.65. The molecule has 104 valence electrons. The van der Waals surface area contributed by atoms with E-state index in [1.165, 1.54) is 31.5 Å². The Morgan fingerprint density at radius 3 is 3.05 bits per heavy atom. The summed E-state index contributed by atoms with van der Waals surface area (Å²) in [5, 5.41) is 0. The number of hydrogen-bond donors (Lipinski definition) is 0. The summed E-state index contributed by atoms with van der Waals surface area (Å²) in [5.74, 6) is -0.0102. The Balaban J connectivity index is 2.02. The first kappa shape index (κ1) is 14.0.